The smallest absolute Gasteiger partial charge is 0.244 e. The molecular weight excluding hydrogens is 643 g/mol. The first-order chi connectivity index (χ1) is 23.4. The molecule has 0 aromatic carbocycles. The maximum absolute atomic E-state index is 12.3. The van der Waals surface area contributed by atoms with E-state index in [4.69, 9.17) is 4.84 Å². The molecule has 6 rings (SSSR count). The number of amides is 1. The molecular formula is C42H71N3O4S. The Bertz CT molecular complexity index is 1420. The lowest BCUT2D eigenvalue weighted by atomic mass is 9.36. The van der Waals surface area contributed by atoms with Crippen molar-refractivity contribution >= 4 is 15.7 Å². The standard InChI is InChI=1S/C42H71N3O4S/c1-29(2)31-14-20-42(43-22-23-45-24-26-50(47,48)27-25-45)21-15-33-32(37(31)42)10-11-35-40(33,7)19-16-34-39(5,6)30(13-18-41(34,35)8)12-17-38(3,4)28-36(46)44-49-9/h13,31-35,37,43H,1,10-12,14-28H2,2-9H3,(H,44,46). The molecule has 0 radical (unpaired) electrons. The zero-order valence-electron chi connectivity index (χ0n) is 33.0. The van der Waals surface area contributed by atoms with Crippen molar-refractivity contribution in [1.82, 2.24) is 15.7 Å². The van der Waals surface area contributed by atoms with E-state index in [2.05, 4.69) is 76.8 Å². The Kier molecular flexibility index (Phi) is 10.7. The van der Waals surface area contributed by atoms with E-state index in [1.165, 1.54) is 70.5 Å². The van der Waals surface area contributed by atoms with E-state index >= 15 is 0 Å². The third-order valence-electron chi connectivity index (χ3n) is 16.2. The normalized spacial score (nSPS) is 40.8. The summed E-state index contributed by atoms with van der Waals surface area (Å²) in [6.45, 7) is 25.1. The molecule has 2 N–H and O–H groups in total. The molecule has 5 fully saturated rings. The summed E-state index contributed by atoms with van der Waals surface area (Å²) in [5.41, 5.74) is 6.49. The van der Waals surface area contributed by atoms with Gasteiger partial charge in [-0.05, 0) is 135 Å². The SMILES string of the molecule is C=C(C)C1CCC2(NCCN3CCS(=O)(=O)CC3)CCC3C(CCC4C3(C)CCC3C(C)(C)C(CCC(C)(C)CC(=O)NOC)=CCC34C)C12. The van der Waals surface area contributed by atoms with Crippen LogP contribution in [0.1, 0.15) is 126 Å². The summed E-state index contributed by atoms with van der Waals surface area (Å²) in [7, 11) is -1.34. The van der Waals surface area contributed by atoms with Crippen LogP contribution >= 0.6 is 0 Å². The van der Waals surface area contributed by atoms with Crippen molar-refractivity contribution in [3.05, 3.63) is 23.8 Å². The molecule has 6 aliphatic rings. The summed E-state index contributed by atoms with van der Waals surface area (Å²) in [5, 5.41) is 4.21. The van der Waals surface area contributed by atoms with Crippen molar-refractivity contribution in [1.29, 1.82) is 0 Å². The number of hydroxylamine groups is 1. The van der Waals surface area contributed by atoms with Crippen molar-refractivity contribution in [2.45, 2.75) is 131 Å². The third-order valence-corrected chi connectivity index (χ3v) is 17.8. The monoisotopic (exact) mass is 714 g/mol. The Morgan fingerprint density at radius 2 is 1.70 bits per heavy atom. The summed E-state index contributed by atoms with van der Waals surface area (Å²) >= 11 is 0. The van der Waals surface area contributed by atoms with E-state index < -0.39 is 9.84 Å². The molecule has 7 nitrogen and oxygen atoms in total. The van der Waals surface area contributed by atoms with Gasteiger partial charge in [0.05, 0.1) is 18.6 Å². The van der Waals surface area contributed by atoms with Crippen molar-refractivity contribution in [3.8, 4) is 0 Å². The third kappa shape index (κ3) is 6.95. The van der Waals surface area contributed by atoms with Gasteiger partial charge < -0.3 is 10.2 Å². The minimum Gasteiger partial charge on any atom is -0.310 e. The molecule has 1 heterocycles. The van der Waals surface area contributed by atoms with Crippen LogP contribution in [0.2, 0.25) is 0 Å². The Labute approximate surface area is 305 Å². The van der Waals surface area contributed by atoms with Gasteiger partial charge in [0.15, 0.2) is 9.84 Å². The molecule has 50 heavy (non-hydrogen) atoms. The molecule has 0 bridgehead atoms. The van der Waals surface area contributed by atoms with Crippen LogP contribution in [-0.4, -0.2) is 69.6 Å². The Morgan fingerprint density at radius 3 is 2.38 bits per heavy atom. The zero-order valence-corrected chi connectivity index (χ0v) is 33.8. The fraction of sp³-hybridized carbons (Fsp3) is 0.881. The highest BCUT2D eigenvalue weighted by molar-refractivity contribution is 7.91. The molecule has 8 heteroatoms. The molecule has 1 amide bonds. The largest absolute Gasteiger partial charge is 0.310 e. The lowest BCUT2D eigenvalue weighted by Crippen LogP contribution is -2.64. The highest BCUT2D eigenvalue weighted by Crippen LogP contribution is 2.72. The molecule has 284 valence electrons. The first-order valence-corrected chi connectivity index (χ1v) is 22.0. The molecule has 1 saturated heterocycles. The predicted molar refractivity (Wildman–Crippen MR) is 204 cm³/mol. The Morgan fingerprint density at radius 1 is 1.00 bits per heavy atom. The summed E-state index contributed by atoms with van der Waals surface area (Å²) in [5.74, 6) is 4.81. The van der Waals surface area contributed by atoms with E-state index in [0.717, 1.165) is 43.7 Å². The number of sulfone groups is 1. The summed E-state index contributed by atoms with van der Waals surface area (Å²) < 4.78 is 24.0. The molecule has 0 spiro atoms. The molecule has 9 unspecified atom stereocenters. The average Bonchev–Trinajstić information content (AvgIpc) is 3.41. The predicted octanol–water partition coefficient (Wildman–Crippen LogP) is 7.74. The zero-order chi connectivity index (χ0) is 36.3. The van der Waals surface area contributed by atoms with E-state index in [0.29, 0.717) is 59.6 Å². The fourth-order valence-electron chi connectivity index (χ4n) is 13.8. The number of fused-ring (bicyclic) bond motifs is 7. The van der Waals surface area contributed by atoms with Gasteiger partial charge in [-0.3, -0.25) is 9.63 Å². The van der Waals surface area contributed by atoms with Gasteiger partial charge in [-0.1, -0.05) is 65.3 Å². The van der Waals surface area contributed by atoms with Crippen LogP contribution in [0.5, 0.6) is 0 Å². The second kappa shape index (κ2) is 13.9. The van der Waals surface area contributed by atoms with Crippen LogP contribution in [0.4, 0.5) is 0 Å². The molecule has 4 saturated carbocycles. The second-order valence-corrected chi connectivity index (χ2v) is 22.2. The van der Waals surface area contributed by atoms with Gasteiger partial charge in [0, 0.05) is 38.1 Å². The van der Waals surface area contributed by atoms with Gasteiger partial charge in [0.1, 0.15) is 0 Å². The van der Waals surface area contributed by atoms with E-state index in [-0.39, 0.29) is 22.3 Å². The molecule has 5 aliphatic carbocycles. The first kappa shape index (κ1) is 38.5. The van der Waals surface area contributed by atoms with Crippen molar-refractivity contribution < 1.29 is 18.0 Å². The average molecular weight is 714 g/mol. The number of rotatable bonds is 11. The van der Waals surface area contributed by atoms with Crippen LogP contribution in [0, 0.1) is 57.2 Å². The number of carbonyl (C=O) groups is 1. The van der Waals surface area contributed by atoms with E-state index in [9.17, 15) is 13.2 Å². The van der Waals surface area contributed by atoms with Gasteiger partial charge in [0.25, 0.3) is 0 Å². The summed E-state index contributed by atoms with van der Waals surface area (Å²) in [6, 6.07) is 0. The Hall–Kier alpha value is -1.22. The van der Waals surface area contributed by atoms with Gasteiger partial charge in [-0.15, -0.1) is 0 Å². The molecule has 9 atom stereocenters. The van der Waals surface area contributed by atoms with Gasteiger partial charge in [0.2, 0.25) is 5.91 Å². The van der Waals surface area contributed by atoms with Crippen LogP contribution in [-0.2, 0) is 19.5 Å². The number of nitrogens with zero attached hydrogens (tertiary/aromatic N) is 1. The van der Waals surface area contributed by atoms with Gasteiger partial charge in [-0.25, -0.2) is 13.9 Å². The number of carbonyl (C=O) groups excluding carboxylic acids is 1. The highest BCUT2D eigenvalue weighted by atomic mass is 32.2. The van der Waals surface area contributed by atoms with Gasteiger partial charge in [-0.2, -0.15) is 0 Å². The minimum absolute atomic E-state index is 0.0379. The van der Waals surface area contributed by atoms with Crippen LogP contribution in [0.3, 0.4) is 0 Å². The minimum atomic E-state index is -2.85. The van der Waals surface area contributed by atoms with Crippen molar-refractivity contribution in [2.24, 2.45) is 57.2 Å². The summed E-state index contributed by atoms with van der Waals surface area (Å²) in [6.07, 6.45) is 16.9. The number of hydrogen-bond donors (Lipinski definition) is 2. The van der Waals surface area contributed by atoms with Gasteiger partial charge >= 0.3 is 0 Å². The van der Waals surface area contributed by atoms with E-state index in [1.54, 1.807) is 5.57 Å². The quantitative estimate of drug-likeness (QED) is 0.168. The number of hydrogen-bond acceptors (Lipinski definition) is 6. The second-order valence-electron chi connectivity index (χ2n) is 19.9. The topological polar surface area (TPSA) is 87.7 Å². The maximum Gasteiger partial charge on any atom is 0.244 e. The first-order valence-electron chi connectivity index (χ1n) is 20.2. The van der Waals surface area contributed by atoms with E-state index in [1.807, 2.05) is 0 Å². The Balaban J connectivity index is 1.17. The fourth-order valence-corrected chi connectivity index (χ4v) is 15.1. The lowest BCUT2D eigenvalue weighted by molar-refractivity contribution is -0.178. The van der Waals surface area contributed by atoms with Crippen LogP contribution in [0.15, 0.2) is 23.8 Å². The molecule has 0 aromatic rings. The number of allylic oxidation sites excluding steroid dienone is 3. The molecule has 1 aliphatic heterocycles. The maximum atomic E-state index is 12.3. The highest BCUT2D eigenvalue weighted by Gasteiger charge is 2.66. The summed E-state index contributed by atoms with van der Waals surface area (Å²) in [4.78, 5) is 19.5. The van der Waals surface area contributed by atoms with Crippen molar-refractivity contribution in [3.63, 3.8) is 0 Å². The van der Waals surface area contributed by atoms with Crippen LogP contribution < -0.4 is 10.8 Å². The van der Waals surface area contributed by atoms with Crippen LogP contribution in [0.25, 0.3) is 0 Å². The molecule has 0 aromatic heterocycles. The van der Waals surface area contributed by atoms with Crippen molar-refractivity contribution in [2.75, 3.05) is 44.8 Å². The number of nitrogens with one attached hydrogen (secondary N) is 2. The lowest BCUT2D eigenvalue weighted by Gasteiger charge is -2.68.